The molecule has 8 heteroatoms. The van der Waals surface area contributed by atoms with Crippen molar-refractivity contribution in [3.63, 3.8) is 0 Å². The van der Waals surface area contributed by atoms with E-state index in [1.54, 1.807) is 29.3 Å². The van der Waals surface area contributed by atoms with Crippen molar-refractivity contribution in [1.82, 2.24) is 20.2 Å². The molecule has 3 aliphatic carbocycles. The maximum absolute atomic E-state index is 13.5. The minimum Gasteiger partial charge on any atom is -0.339 e. The molecule has 2 heterocycles. The third kappa shape index (κ3) is 5.74. The lowest BCUT2D eigenvalue weighted by molar-refractivity contribution is -0.120. The van der Waals surface area contributed by atoms with Crippen molar-refractivity contribution >= 4 is 17.5 Å². The van der Waals surface area contributed by atoms with Gasteiger partial charge in [0.1, 0.15) is 11.7 Å². The second-order valence-electron chi connectivity index (χ2n) is 10.5. The Balaban J connectivity index is 1.36. The second kappa shape index (κ2) is 10.8. The summed E-state index contributed by atoms with van der Waals surface area (Å²) in [6, 6.07) is 1.35. The molecule has 0 radical (unpaired) electrons. The second-order valence-corrected chi connectivity index (χ2v) is 10.5. The van der Waals surface area contributed by atoms with E-state index in [9.17, 15) is 14.8 Å². The van der Waals surface area contributed by atoms with Crippen LogP contribution in [0.15, 0.2) is 76.3 Å². The van der Waals surface area contributed by atoms with Crippen LogP contribution in [-0.4, -0.2) is 43.6 Å². The summed E-state index contributed by atoms with van der Waals surface area (Å²) in [4.78, 5) is 31.2. The highest BCUT2D eigenvalue weighted by Gasteiger charge is 2.33. The van der Waals surface area contributed by atoms with Gasteiger partial charge >= 0.3 is 0 Å². The van der Waals surface area contributed by atoms with E-state index in [2.05, 4.69) is 15.4 Å². The monoisotopic (exact) mass is 501 g/mol. The van der Waals surface area contributed by atoms with Gasteiger partial charge in [0.25, 0.3) is 11.8 Å². The summed E-state index contributed by atoms with van der Waals surface area (Å²) in [5.41, 5.74) is 5.00. The van der Waals surface area contributed by atoms with E-state index in [0.717, 1.165) is 78.7 Å². The van der Waals surface area contributed by atoms with Crippen molar-refractivity contribution in [2.75, 3.05) is 0 Å². The molecular formula is C29H35N5O3. The SMILES string of the molecule is CC1=CN(O)C=C(C)C1=C1C=CC(=NC(=O)[C@@H](NC(=O)c2ccnn2C2CC2)C2CCCCCC2)C=C1. The molecule has 4 aliphatic rings. The summed E-state index contributed by atoms with van der Waals surface area (Å²) in [5.74, 6) is -0.494. The first-order valence-corrected chi connectivity index (χ1v) is 13.3. The van der Waals surface area contributed by atoms with Crippen LogP contribution in [0.5, 0.6) is 0 Å². The summed E-state index contributed by atoms with van der Waals surface area (Å²) in [6.45, 7) is 3.90. The predicted molar refractivity (Wildman–Crippen MR) is 142 cm³/mol. The van der Waals surface area contributed by atoms with Crippen molar-refractivity contribution in [3.05, 3.63) is 77.0 Å². The number of hydroxylamine groups is 2. The van der Waals surface area contributed by atoms with Gasteiger partial charge in [-0.3, -0.25) is 19.5 Å². The van der Waals surface area contributed by atoms with Crippen LogP contribution < -0.4 is 5.32 Å². The van der Waals surface area contributed by atoms with Gasteiger partial charge in [0.05, 0.1) is 11.8 Å². The molecule has 1 aromatic heterocycles. The maximum Gasteiger partial charge on any atom is 0.270 e. The fraction of sp³-hybridized carbons (Fsp3) is 0.448. The van der Waals surface area contributed by atoms with Crippen LogP contribution in [0, 0.1) is 5.92 Å². The number of hydrogen-bond donors (Lipinski definition) is 2. The molecule has 0 spiro atoms. The molecule has 194 valence electrons. The highest BCUT2D eigenvalue weighted by Crippen LogP contribution is 2.35. The van der Waals surface area contributed by atoms with Gasteiger partial charge in [-0.2, -0.15) is 5.10 Å². The van der Waals surface area contributed by atoms with Gasteiger partial charge in [0.15, 0.2) is 0 Å². The van der Waals surface area contributed by atoms with Gasteiger partial charge in [-0.15, -0.1) is 0 Å². The zero-order valence-electron chi connectivity index (χ0n) is 21.6. The van der Waals surface area contributed by atoms with E-state index < -0.39 is 6.04 Å². The minimum atomic E-state index is -0.661. The zero-order valence-corrected chi connectivity index (χ0v) is 21.6. The first-order valence-electron chi connectivity index (χ1n) is 13.3. The third-order valence-corrected chi connectivity index (χ3v) is 7.56. The van der Waals surface area contributed by atoms with Crippen LogP contribution in [0.3, 0.4) is 0 Å². The maximum atomic E-state index is 13.5. The first kappa shape index (κ1) is 25.1. The minimum absolute atomic E-state index is 0.0686. The molecule has 2 N–H and O–H groups in total. The van der Waals surface area contributed by atoms with Crippen molar-refractivity contribution in [3.8, 4) is 0 Å². The Kier molecular flexibility index (Phi) is 7.37. The molecule has 1 aliphatic heterocycles. The van der Waals surface area contributed by atoms with E-state index in [1.807, 2.05) is 38.2 Å². The van der Waals surface area contributed by atoms with E-state index in [0.29, 0.717) is 11.4 Å². The lowest BCUT2D eigenvalue weighted by Gasteiger charge is -2.25. The van der Waals surface area contributed by atoms with Gasteiger partial charge in [-0.25, -0.2) is 10.1 Å². The summed E-state index contributed by atoms with van der Waals surface area (Å²) in [6.07, 6.45) is 20.8. The molecule has 2 fully saturated rings. The predicted octanol–water partition coefficient (Wildman–Crippen LogP) is 5.19. The van der Waals surface area contributed by atoms with Gasteiger partial charge in [-0.05, 0) is 86.0 Å². The lowest BCUT2D eigenvalue weighted by Crippen LogP contribution is -2.46. The average molecular weight is 502 g/mol. The van der Waals surface area contributed by atoms with Crippen molar-refractivity contribution in [2.24, 2.45) is 10.9 Å². The van der Waals surface area contributed by atoms with Crippen molar-refractivity contribution in [2.45, 2.75) is 77.3 Å². The summed E-state index contributed by atoms with van der Waals surface area (Å²) < 4.78 is 1.78. The molecule has 0 saturated heterocycles. The van der Waals surface area contributed by atoms with Crippen LogP contribution in [0.2, 0.25) is 0 Å². The third-order valence-electron chi connectivity index (χ3n) is 7.56. The Morgan fingerprint density at radius 3 is 2.27 bits per heavy atom. The van der Waals surface area contributed by atoms with Crippen LogP contribution >= 0.6 is 0 Å². The van der Waals surface area contributed by atoms with Crippen LogP contribution in [0.1, 0.15) is 81.7 Å². The van der Waals surface area contributed by atoms with Gasteiger partial charge in [-0.1, -0.05) is 37.8 Å². The number of allylic oxidation sites excluding steroid dienone is 8. The smallest absolute Gasteiger partial charge is 0.270 e. The lowest BCUT2D eigenvalue weighted by atomic mass is 9.90. The van der Waals surface area contributed by atoms with Gasteiger partial charge in [0, 0.05) is 18.6 Å². The largest absolute Gasteiger partial charge is 0.339 e. The van der Waals surface area contributed by atoms with E-state index >= 15 is 0 Å². The highest BCUT2D eigenvalue weighted by molar-refractivity contribution is 6.12. The summed E-state index contributed by atoms with van der Waals surface area (Å²) in [7, 11) is 0. The number of rotatable bonds is 5. The molecule has 1 atom stereocenters. The van der Waals surface area contributed by atoms with Crippen LogP contribution in [-0.2, 0) is 4.79 Å². The molecular weight excluding hydrogens is 466 g/mol. The summed E-state index contributed by atoms with van der Waals surface area (Å²) in [5, 5.41) is 18.2. The number of nitrogens with zero attached hydrogens (tertiary/aromatic N) is 4. The molecule has 8 nitrogen and oxygen atoms in total. The number of nitrogens with one attached hydrogen (secondary N) is 1. The number of carbonyl (C=O) groups is 2. The van der Waals surface area contributed by atoms with E-state index in [1.165, 1.54) is 0 Å². The average Bonchev–Trinajstić information content (AvgIpc) is 3.65. The van der Waals surface area contributed by atoms with Crippen LogP contribution in [0.25, 0.3) is 0 Å². The topological polar surface area (TPSA) is 99.8 Å². The number of hydrogen-bond acceptors (Lipinski definition) is 5. The Hall–Kier alpha value is -3.52. The Labute approximate surface area is 217 Å². The van der Waals surface area contributed by atoms with Gasteiger partial charge in [0.2, 0.25) is 0 Å². The molecule has 37 heavy (non-hydrogen) atoms. The van der Waals surface area contributed by atoms with Crippen molar-refractivity contribution in [1.29, 1.82) is 0 Å². The molecule has 1 aromatic rings. The number of carbonyl (C=O) groups excluding carboxylic acids is 2. The van der Waals surface area contributed by atoms with Crippen molar-refractivity contribution < 1.29 is 14.8 Å². The fourth-order valence-corrected chi connectivity index (χ4v) is 5.57. The molecule has 2 amide bonds. The molecule has 0 unspecified atom stereocenters. The van der Waals surface area contributed by atoms with E-state index in [4.69, 9.17) is 0 Å². The molecule has 0 bridgehead atoms. The molecule has 0 aromatic carbocycles. The summed E-state index contributed by atoms with van der Waals surface area (Å²) >= 11 is 0. The normalized spacial score (nSPS) is 21.4. The number of aliphatic imine (C=N–C) groups is 1. The standard InChI is InChI=1S/C29H35N5O3/c1-19-17-33(37)18-20(2)26(19)21-9-11-23(12-10-21)31-29(36)27(22-7-5-3-4-6-8-22)32-28(35)25-15-16-30-34(25)24-13-14-24/h9-12,15-18,22,24,27,37H,3-8,13-14H2,1-2H3,(H,32,35)/t27-/m0/s1. The fourth-order valence-electron chi connectivity index (χ4n) is 5.57. The molecule has 2 saturated carbocycles. The number of amides is 2. The number of aromatic nitrogens is 2. The van der Waals surface area contributed by atoms with Gasteiger partial charge < -0.3 is 5.32 Å². The highest BCUT2D eigenvalue weighted by atomic mass is 16.5. The Morgan fingerprint density at radius 1 is 1.00 bits per heavy atom. The Morgan fingerprint density at radius 2 is 1.65 bits per heavy atom. The van der Waals surface area contributed by atoms with E-state index in [-0.39, 0.29) is 23.8 Å². The zero-order chi connectivity index (χ0) is 25.9. The molecule has 5 rings (SSSR count). The Bertz CT molecular complexity index is 1210. The first-order chi connectivity index (χ1) is 17.9. The quantitative estimate of drug-likeness (QED) is 0.541. The van der Waals surface area contributed by atoms with Crippen LogP contribution in [0.4, 0.5) is 0 Å².